The third-order valence-electron chi connectivity index (χ3n) is 4.97. The second-order valence-electron chi connectivity index (χ2n) is 5.88. The Morgan fingerprint density at radius 3 is 2.84 bits per heavy atom. The molecule has 2 unspecified atom stereocenters. The summed E-state index contributed by atoms with van der Waals surface area (Å²) in [5, 5.41) is 0.944. The summed E-state index contributed by atoms with van der Waals surface area (Å²) in [7, 11) is 0. The second-order valence-corrected chi connectivity index (χ2v) is 6.29. The third-order valence-corrected chi connectivity index (χ3v) is 5.26. The van der Waals surface area contributed by atoms with E-state index in [0.717, 1.165) is 11.4 Å². The number of fused-ring (bicyclic) bond motifs is 9. The maximum Gasteiger partial charge on any atom is 0.0490 e. The average molecular weight is 265 g/mol. The highest BCUT2D eigenvalue weighted by molar-refractivity contribution is 6.34. The van der Waals surface area contributed by atoms with Crippen molar-refractivity contribution in [3.8, 4) is 11.1 Å². The molecule has 2 bridgehead atoms. The van der Waals surface area contributed by atoms with Gasteiger partial charge in [0.15, 0.2) is 0 Å². The summed E-state index contributed by atoms with van der Waals surface area (Å²) in [4.78, 5) is 0. The highest BCUT2D eigenvalue weighted by Crippen LogP contribution is 2.55. The summed E-state index contributed by atoms with van der Waals surface area (Å²) in [6, 6.07) is 10.9. The first-order chi connectivity index (χ1) is 9.33. The van der Waals surface area contributed by atoms with Crippen molar-refractivity contribution in [2.24, 2.45) is 0 Å². The van der Waals surface area contributed by atoms with Crippen LogP contribution in [0.5, 0.6) is 0 Å². The van der Waals surface area contributed by atoms with Gasteiger partial charge in [-0.25, -0.2) is 0 Å². The molecule has 0 aromatic heterocycles. The van der Waals surface area contributed by atoms with E-state index in [1.165, 1.54) is 34.2 Å². The van der Waals surface area contributed by atoms with E-state index in [1.54, 1.807) is 5.56 Å². The van der Waals surface area contributed by atoms with Crippen molar-refractivity contribution in [2.45, 2.75) is 24.7 Å². The average Bonchev–Trinajstić information content (AvgIpc) is 3.10. The molecule has 0 spiro atoms. The van der Waals surface area contributed by atoms with Crippen molar-refractivity contribution in [3.05, 3.63) is 69.8 Å². The highest BCUT2D eigenvalue weighted by atomic mass is 35.5. The molecule has 0 heterocycles. The standard InChI is InChI=1S/C18H13Cl/c19-16-9-14-11-5-6-12(7-11)17(14)15-8-10-3-1-2-4-13(10)18(15)16/h1-6,9,11-12H,7-8H2. The number of benzene rings is 2. The molecule has 0 amide bonds. The summed E-state index contributed by atoms with van der Waals surface area (Å²) in [6.07, 6.45) is 7.08. The van der Waals surface area contributed by atoms with Gasteiger partial charge in [0.2, 0.25) is 0 Å². The molecule has 0 fully saturated rings. The van der Waals surface area contributed by atoms with Crippen LogP contribution in [0.2, 0.25) is 5.02 Å². The Hall–Kier alpha value is -1.53. The predicted octanol–water partition coefficient (Wildman–Crippen LogP) is 5.05. The minimum absolute atomic E-state index is 0.617. The third kappa shape index (κ3) is 1.16. The smallest absolute Gasteiger partial charge is 0.0490 e. The lowest BCUT2D eigenvalue weighted by atomic mass is 9.89. The minimum Gasteiger partial charge on any atom is -0.0836 e. The topological polar surface area (TPSA) is 0 Å². The molecular weight excluding hydrogens is 252 g/mol. The van der Waals surface area contributed by atoms with Gasteiger partial charge in [-0.05, 0) is 46.7 Å². The van der Waals surface area contributed by atoms with Crippen LogP contribution in [0.15, 0.2) is 42.5 Å². The molecule has 0 saturated heterocycles. The molecule has 2 aromatic rings. The normalized spacial score (nSPS) is 24.5. The van der Waals surface area contributed by atoms with Crippen LogP contribution >= 0.6 is 11.6 Å². The van der Waals surface area contributed by atoms with Crippen molar-refractivity contribution in [3.63, 3.8) is 0 Å². The molecule has 1 heteroatoms. The van der Waals surface area contributed by atoms with Crippen LogP contribution in [0.4, 0.5) is 0 Å². The maximum absolute atomic E-state index is 6.59. The van der Waals surface area contributed by atoms with E-state index in [4.69, 9.17) is 11.6 Å². The molecule has 0 aliphatic heterocycles. The summed E-state index contributed by atoms with van der Waals surface area (Å²) >= 11 is 6.59. The van der Waals surface area contributed by atoms with Crippen molar-refractivity contribution in [2.75, 3.05) is 0 Å². The monoisotopic (exact) mass is 264 g/mol. The first-order valence-electron chi connectivity index (χ1n) is 6.94. The molecule has 0 radical (unpaired) electrons. The van der Waals surface area contributed by atoms with Crippen LogP contribution in [-0.4, -0.2) is 0 Å². The molecule has 19 heavy (non-hydrogen) atoms. The van der Waals surface area contributed by atoms with Crippen molar-refractivity contribution < 1.29 is 0 Å². The van der Waals surface area contributed by atoms with Crippen molar-refractivity contribution in [1.82, 2.24) is 0 Å². The summed E-state index contributed by atoms with van der Waals surface area (Å²) in [5.41, 5.74) is 8.65. The van der Waals surface area contributed by atoms with Crippen LogP contribution in [0.1, 0.15) is 40.5 Å². The van der Waals surface area contributed by atoms with Gasteiger partial charge in [0, 0.05) is 22.4 Å². The molecule has 2 aromatic carbocycles. The fraction of sp³-hybridized carbons (Fsp3) is 0.222. The second kappa shape index (κ2) is 3.32. The van der Waals surface area contributed by atoms with Gasteiger partial charge in [-0.3, -0.25) is 0 Å². The van der Waals surface area contributed by atoms with Gasteiger partial charge in [0.1, 0.15) is 0 Å². The summed E-state index contributed by atoms with van der Waals surface area (Å²) in [6.45, 7) is 0. The Morgan fingerprint density at radius 2 is 1.89 bits per heavy atom. The van der Waals surface area contributed by atoms with E-state index in [9.17, 15) is 0 Å². The maximum atomic E-state index is 6.59. The molecular formula is C18H13Cl. The zero-order valence-corrected chi connectivity index (χ0v) is 11.2. The molecule has 2 atom stereocenters. The highest BCUT2D eigenvalue weighted by Gasteiger charge is 2.38. The van der Waals surface area contributed by atoms with E-state index in [-0.39, 0.29) is 0 Å². The van der Waals surface area contributed by atoms with Crippen molar-refractivity contribution in [1.29, 1.82) is 0 Å². The van der Waals surface area contributed by atoms with Crippen LogP contribution in [0, 0.1) is 0 Å². The van der Waals surface area contributed by atoms with Gasteiger partial charge < -0.3 is 0 Å². The van der Waals surface area contributed by atoms with E-state index in [2.05, 4.69) is 42.5 Å². The van der Waals surface area contributed by atoms with Crippen LogP contribution < -0.4 is 0 Å². The van der Waals surface area contributed by atoms with E-state index in [0.29, 0.717) is 11.8 Å². The number of rotatable bonds is 0. The fourth-order valence-corrected chi connectivity index (χ4v) is 4.54. The van der Waals surface area contributed by atoms with Crippen LogP contribution in [-0.2, 0) is 6.42 Å². The van der Waals surface area contributed by atoms with Crippen LogP contribution in [0.3, 0.4) is 0 Å². The van der Waals surface area contributed by atoms with Gasteiger partial charge in [0.05, 0.1) is 0 Å². The lowest BCUT2D eigenvalue weighted by Crippen LogP contribution is -1.99. The minimum atomic E-state index is 0.617. The lowest BCUT2D eigenvalue weighted by molar-refractivity contribution is 0.802. The van der Waals surface area contributed by atoms with Gasteiger partial charge in [-0.1, -0.05) is 48.0 Å². The van der Waals surface area contributed by atoms with Gasteiger partial charge in [-0.15, -0.1) is 0 Å². The zero-order chi connectivity index (χ0) is 12.6. The number of hydrogen-bond donors (Lipinski definition) is 0. The molecule has 3 aliphatic carbocycles. The van der Waals surface area contributed by atoms with Gasteiger partial charge in [-0.2, -0.15) is 0 Å². The van der Waals surface area contributed by atoms with E-state index >= 15 is 0 Å². The first kappa shape index (κ1) is 10.3. The lowest BCUT2D eigenvalue weighted by Gasteiger charge is -2.17. The Bertz CT molecular complexity index is 755. The first-order valence-corrected chi connectivity index (χ1v) is 7.32. The number of hydrogen-bond acceptors (Lipinski definition) is 0. The van der Waals surface area contributed by atoms with Gasteiger partial charge >= 0.3 is 0 Å². The zero-order valence-electron chi connectivity index (χ0n) is 10.5. The number of halogens is 1. The Balaban J connectivity index is 1.86. The molecule has 3 aliphatic rings. The predicted molar refractivity (Wildman–Crippen MR) is 78.9 cm³/mol. The van der Waals surface area contributed by atoms with Gasteiger partial charge in [0.25, 0.3) is 0 Å². The Labute approximate surface area is 117 Å². The quantitative estimate of drug-likeness (QED) is 0.498. The van der Waals surface area contributed by atoms with Crippen LogP contribution in [0.25, 0.3) is 11.1 Å². The Kier molecular flexibility index (Phi) is 1.79. The molecule has 0 nitrogen and oxygen atoms in total. The van der Waals surface area contributed by atoms with E-state index in [1.807, 2.05) is 0 Å². The largest absolute Gasteiger partial charge is 0.0836 e. The summed E-state index contributed by atoms with van der Waals surface area (Å²) < 4.78 is 0. The summed E-state index contributed by atoms with van der Waals surface area (Å²) in [5.74, 6) is 1.26. The molecule has 0 saturated carbocycles. The van der Waals surface area contributed by atoms with Crippen molar-refractivity contribution >= 4 is 11.6 Å². The fourth-order valence-electron chi connectivity index (χ4n) is 4.21. The number of allylic oxidation sites excluding steroid dienone is 2. The molecule has 92 valence electrons. The van der Waals surface area contributed by atoms with E-state index < -0.39 is 0 Å². The molecule has 0 N–H and O–H groups in total. The SMILES string of the molecule is Clc1cc2c(c3c1-c1ccccc1C3)C1C=CC2C1. The molecule has 5 rings (SSSR count). The Morgan fingerprint density at radius 1 is 1.05 bits per heavy atom.